The molecular weight excluding hydrogens is 282 g/mol. The van der Waals surface area contributed by atoms with Gasteiger partial charge in [0.05, 0.1) is 13.2 Å². The van der Waals surface area contributed by atoms with Crippen molar-refractivity contribution in [3.63, 3.8) is 0 Å². The van der Waals surface area contributed by atoms with E-state index in [4.69, 9.17) is 4.74 Å². The molecule has 1 aromatic carbocycles. The normalized spacial score (nSPS) is 10.3. The lowest BCUT2D eigenvalue weighted by molar-refractivity contribution is 0.0923. The number of amides is 1. The van der Waals surface area contributed by atoms with Crippen LogP contribution in [0.5, 0.6) is 0 Å². The van der Waals surface area contributed by atoms with E-state index in [-0.39, 0.29) is 5.91 Å². The Hall–Kier alpha value is -0.870. The Morgan fingerprint density at radius 3 is 2.82 bits per heavy atom. The number of rotatable bonds is 6. The zero-order chi connectivity index (χ0) is 12.7. The van der Waals surface area contributed by atoms with Crippen molar-refractivity contribution in [1.29, 1.82) is 0 Å². The molecule has 0 aliphatic heterocycles. The smallest absolute Gasteiger partial charge is 0.251 e. The van der Waals surface area contributed by atoms with Crippen LogP contribution in [0.3, 0.4) is 0 Å². The summed E-state index contributed by atoms with van der Waals surface area (Å²) in [5.74, 6) is -0.0337. The first kappa shape index (κ1) is 14.2. The maximum Gasteiger partial charge on any atom is 0.251 e. The number of hydrogen-bond donors (Lipinski definition) is 1. The number of hydrogen-bond acceptors (Lipinski definition) is 2. The molecule has 4 heteroatoms. The zero-order valence-electron chi connectivity index (χ0n) is 10.3. The van der Waals surface area contributed by atoms with Gasteiger partial charge in [-0.15, -0.1) is 0 Å². The molecule has 0 saturated heterocycles. The number of carbonyl (C=O) groups excluding carboxylic acids is 1. The van der Waals surface area contributed by atoms with E-state index in [0.29, 0.717) is 19.8 Å². The third kappa shape index (κ3) is 4.88. The third-order valence-electron chi connectivity index (χ3n) is 2.39. The van der Waals surface area contributed by atoms with Crippen LogP contribution in [0.25, 0.3) is 0 Å². The minimum absolute atomic E-state index is 0.0337. The molecule has 94 valence electrons. The Labute approximate surface area is 111 Å². The highest BCUT2D eigenvalue weighted by Crippen LogP contribution is 2.10. The predicted octanol–water partition coefficient (Wildman–Crippen LogP) is 2.44. The topological polar surface area (TPSA) is 38.3 Å². The first-order valence-electron chi connectivity index (χ1n) is 5.64. The largest absolute Gasteiger partial charge is 0.379 e. The fourth-order valence-corrected chi connectivity index (χ4v) is 1.70. The minimum atomic E-state index is -0.0337. The molecule has 0 saturated carbocycles. The van der Waals surface area contributed by atoms with E-state index in [2.05, 4.69) is 21.2 Å². The van der Waals surface area contributed by atoms with Crippen molar-refractivity contribution in [3.05, 3.63) is 34.9 Å². The number of nitrogens with one attached hydrogen (secondary N) is 1. The number of aryl methyl sites for hydroxylation is 2. The summed E-state index contributed by atoms with van der Waals surface area (Å²) in [7, 11) is 0. The molecule has 0 atom stereocenters. The molecule has 0 fully saturated rings. The molecule has 1 N–H and O–H groups in total. The van der Waals surface area contributed by atoms with E-state index in [1.807, 2.05) is 32.0 Å². The molecule has 0 heterocycles. The highest BCUT2D eigenvalue weighted by molar-refractivity contribution is 9.09. The van der Waals surface area contributed by atoms with Gasteiger partial charge in [0.15, 0.2) is 0 Å². The van der Waals surface area contributed by atoms with Crippen molar-refractivity contribution in [2.45, 2.75) is 13.8 Å². The van der Waals surface area contributed by atoms with Gasteiger partial charge in [-0.25, -0.2) is 0 Å². The van der Waals surface area contributed by atoms with E-state index < -0.39 is 0 Å². The van der Waals surface area contributed by atoms with Crippen LogP contribution < -0.4 is 5.32 Å². The zero-order valence-corrected chi connectivity index (χ0v) is 11.8. The summed E-state index contributed by atoms with van der Waals surface area (Å²) in [5.41, 5.74) is 2.83. The second-order valence-corrected chi connectivity index (χ2v) is 4.67. The van der Waals surface area contributed by atoms with Gasteiger partial charge in [0.1, 0.15) is 0 Å². The monoisotopic (exact) mass is 299 g/mol. The van der Waals surface area contributed by atoms with Crippen molar-refractivity contribution in [2.24, 2.45) is 0 Å². The molecule has 0 bridgehead atoms. The number of benzene rings is 1. The molecule has 1 aromatic rings. The molecule has 1 rings (SSSR count). The van der Waals surface area contributed by atoms with Crippen LogP contribution in [0.15, 0.2) is 18.2 Å². The number of carbonyl (C=O) groups is 1. The standard InChI is InChI=1S/C13H18BrNO2/c1-10-3-4-11(2)12(9-10)13(16)15-6-8-17-7-5-14/h3-4,9H,5-8H2,1-2H3,(H,15,16). The molecule has 0 radical (unpaired) electrons. The van der Waals surface area contributed by atoms with E-state index in [9.17, 15) is 4.79 Å². The van der Waals surface area contributed by atoms with Gasteiger partial charge in [-0.2, -0.15) is 0 Å². The summed E-state index contributed by atoms with van der Waals surface area (Å²) in [5, 5.41) is 3.66. The summed E-state index contributed by atoms with van der Waals surface area (Å²) >= 11 is 3.27. The van der Waals surface area contributed by atoms with Gasteiger partial charge in [-0.1, -0.05) is 33.6 Å². The van der Waals surface area contributed by atoms with Crippen molar-refractivity contribution in [1.82, 2.24) is 5.32 Å². The average molecular weight is 300 g/mol. The van der Waals surface area contributed by atoms with Gasteiger partial charge in [0.25, 0.3) is 5.91 Å². The maximum absolute atomic E-state index is 11.9. The lowest BCUT2D eigenvalue weighted by atomic mass is 10.1. The van der Waals surface area contributed by atoms with Gasteiger partial charge in [0.2, 0.25) is 0 Å². The third-order valence-corrected chi connectivity index (χ3v) is 2.71. The van der Waals surface area contributed by atoms with E-state index >= 15 is 0 Å². The van der Waals surface area contributed by atoms with Crippen molar-refractivity contribution in [3.8, 4) is 0 Å². The van der Waals surface area contributed by atoms with Gasteiger partial charge in [0, 0.05) is 17.4 Å². The number of alkyl halides is 1. The van der Waals surface area contributed by atoms with Gasteiger partial charge in [-0.05, 0) is 25.5 Å². The molecule has 0 spiro atoms. The predicted molar refractivity (Wildman–Crippen MR) is 72.9 cm³/mol. The summed E-state index contributed by atoms with van der Waals surface area (Å²) < 4.78 is 5.26. The summed E-state index contributed by atoms with van der Waals surface area (Å²) in [6.45, 7) is 5.67. The summed E-state index contributed by atoms with van der Waals surface area (Å²) in [6.07, 6.45) is 0. The highest BCUT2D eigenvalue weighted by Gasteiger charge is 2.07. The fourth-order valence-electron chi connectivity index (χ4n) is 1.47. The van der Waals surface area contributed by atoms with Crippen LogP contribution in [0, 0.1) is 13.8 Å². The van der Waals surface area contributed by atoms with E-state index in [1.165, 1.54) is 0 Å². The SMILES string of the molecule is Cc1ccc(C)c(C(=O)NCCOCCBr)c1. The van der Waals surface area contributed by atoms with Crippen LogP contribution in [-0.4, -0.2) is 31.0 Å². The fraction of sp³-hybridized carbons (Fsp3) is 0.462. The second-order valence-electron chi connectivity index (χ2n) is 3.88. The van der Waals surface area contributed by atoms with Gasteiger partial charge < -0.3 is 10.1 Å². The van der Waals surface area contributed by atoms with Crippen molar-refractivity contribution < 1.29 is 9.53 Å². The Morgan fingerprint density at radius 2 is 2.12 bits per heavy atom. The van der Waals surface area contributed by atoms with Gasteiger partial charge >= 0.3 is 0 Å². The minimum Gasteiger partial charge on any atom is -0.379 e. The first-order chi connectivity index (χ1) is 8.15. The maximum atomic E-state index is 11.9. The first-order valence-corrected chi connectivity index (χ1v) is 6.76. The lowest BCUT2D eigenvalue weighted by Gasteiger charge is -2.08. The quantitative estimate of drug-likeness (QED) is 0.647. The van der Waals surface area contributed by atoms with Crippen molar-refractivity contribution >= 4 is 21.8 Å². The lowest BCUT2D eigenvalue weighted by Crippen LogP contribution is -2.28. The van der Waals surface area contributed by atoms with E-state index in [1.54, 1.807) is 0 Å². The Balaban J connectivity index is 2.44. The average Bonchev–Trinajstić information content (AvgIpc) is 2.32. The van der Waals surface area contributed by atoms with Crippen molar-refractivity contribution in [2.75, 3.05) is 25.1 Å². The molecule has 0 aromatic heterocycles. The Morgan fingerprint density at radius 1 is 1.35 bits per heavy atom. The molecule has 1 amide bonds. The molecular formula is C13H18BrNO2. The van der Waals surface area contributed by atoms with Crippen LogP contribution in [0.1, 0.15) is 21.5 Å². The highest BCUT2D eigenvalue weighted by atomic mass is 79.9. The molecule has 0 unspecified atom stereocenters. The second kappa shape index (κ2) is 7.45. The number of halogens is 1. The summed E-state index contributed by atoms with van der Waals surface area (Å²) in [4.78, 5) is 11.9. The molecule has 0 aliphatic carbocycles. The van der Waals surface area contributed by atoms with Crippen LogP contribution in [-0.2, 0) is 4.74 Å². The molecule has 0 aliphatic rings. The van der Waals surface area contributed by atoms with Crippen LogP contribution in [0.4, 0.5) is 0 Å². The Kier molecular flexibility index (Phi) is 6.22. The van der Waals surface area contributed by atoms with Crippen LogP contribution in [0.2, 0.25) is 0 Å². The molecule has 17 heavy (non-hydrogen) atoms. The van der Waals surface area contributed by atoms with Gasteiger partial charge in [-0.3, -0.25) is 4.79 Å². The Bertz CT molecular complexity index is 380. The molecule has 3 nitrogen and oxygen atoms in total. The van der Waals surface area contributed by atoms with E-state index in [0.717, 1.165) is 22.0 Å². The summed E-state index contributed by atoms with van der Waals surface area (Å²) in [6, 6.07) is 5.88. The number of ether oxygens (including phenoxy) is 1. The van der Waals surface area contributed by atoms with Crippen LogP contribution >= 0.6 is 15.9 Å².